The Morgan fingerprint density at radius 1 is 1.15 bits per heavy atom. The Hall–Kier alpha value is -1.71. The zero-order valence-corrected chi connectivity index (χ0v) is 12.4. The molecule has 9 heteroatoms. The first-order valence-corrected chi connectivity index (χ1v) is 7.52. The highest BCUT2D eigenvalue weighted by Gasteiger charge is 2.03. The maximum atomic E-state index is 10.6. The van der Waals surface area contributed by atoms with Crippen molar-refractivity contribution < 1.29 is 17.7 Å². The average molecular weight is 302 g/mol. The van der Waals surface area contributed by atoms with Gasteiger partial charge in [-0.05, 0) is 0 Å². The molecule has 2 rings (SSSR count). The van der Waals surface area contributed by atoms with Crippen LogP contribution in [0.3, 0.4) is 0 Å². The molecule has 0 radical (unpaired) electrons. The summed E-state index contributed by atoms with van der Waals surface area (Å²) in [6.45, 7) is 0.126. The smallest absolute Gasteiger partial charge is 0.264 e. The highest BCUT2D eigenvalue weighted by molar-refractivity contribution is 7.85. The highest BCUT2D eigenvalue weighted by atomic mass is 32.2. The third-order valence-corrected chi connectivity index (χ3v) is 2.68. The van der Waals surface area contributed by atoms with E-state index in [4.69, 9.17) is 5.11 Å². The Morgan fingerprint density at radius 2 is 1.65 bits per heavy atom. The fraction of sp³-hybridized carbons (Fsp3) is 0.455. The summed E-state index contributed by atoms with van der Waals surface area (Å²) in [5.41, 5.74) is 1.59. The van der Waals surface area contributed by atoms with Crippen LogP contribution in [0.1, 0.15) is 11.1 Å². The lowest BCUT2D eigenvalue weighted by molar-refractivity contribution is 0.281. The predicted molar refractivity (Wildman–Crippen MR) is 72.0 cm³/mol. The number of rotatable bonds is 4. The van der Waals surface area contributed by atoms with Gasteiger partial charge in [-0.25, -0.2) is 0 Å². The van der Waals surface area contributed by atoms with Crippen molar-refractivity contribution in [2.24, 2.45) is 14.1 Å². The molecule has 2 heterocycles. The van der Waals surface area contributed by atoms with Crippen molar-refractivity contribution in [3.05, 3.63) is 35.9 Å². The molecule has 8 nitrogen and oxygen atoms in total. The van der Waals surface area contributed by atoms with Gasteiger partial charge in [0.05, 0.1) is 31.9 Å². The lowest BCUT2D eigenvalue weighted by Crippen LogP contribution is -2.01. The standard InChI is InChI=1S/C6H10N2O3S.C5H8N2O/c1-8-4-6(3-7-8)5-11-12(2,9)10;1-7-3-5(4-8)2-6-7/h3-4H,5H2,1-2H3;2-3,8H,4H2,1H3. The van der Waals surface area contributed by atoms with E-state index in [1.165, 1.54) is 0 Å². The second-order valence-corrected chi connectivity index (χ2v) is 5.81. The first-order valence-electron chi connectivity index (χ1n) is 5.70. The van der Waals surface area contributed by atoms with E-state index in [0.717, 1.165) is 17.4 Å². The number of aryl methyl sites for hydroxylation is 2. The van der Waals surface area contributed by atoms with Crippen LogP contribution >= 0.6 is 0 Å². The molecule has 0 amide bonds. The molecule has 0 aliphatic rings. The normalized spacial score (nSPS) is 11.0. The van der Waals surface area contributed by atoms with E-state index in [-0.39, 0.29) is 13.2 Å². The van der Waals surface area contributed by atoms with Crippen LogP contribution in [0.15, 0.2) is 24.8 Å². The predicted octanol–water partition coefficient (Wildman–Crippen LogP) is -0.191. The van der Waals surface area contributed by atoms with E-state index in [2.05, 4.69) is 14.4 Å². The van der Waals surface area contributed by atoms with Crippen LogP contribution in [-0.2, 0) is 41.6 Å². The molecule has 2 aromatic rings. The van der Waals surface area contributed by atoms with Gasteiger partial charge in [-0.1, -0.05) is 0 Å². The molecule has 0 aromatic carbocycles. The van der Waals surface area contributed by atoms with Crippen molar-refractivity contribution in [3.63, 3.8) is 0 Å². The van der Waals surface area contributed by atoms with Crippen molar-refractivity contribution in [1.82, 2.24) is 19.6 Å². The van der Waals surface area contributed by atoms with Crippen LogP contribution in [0.2, 0.25) is 0 Å². The molecule has 0 atom stereocenters. The van der Waals surface area contributed by atoms with Gasteiger partial charge < -0.3 is 5.11 Å². The minimum atomic E-state index is -3.35. The third kappa shape index (κ3) is 6.45. The summed E-state index contributed by atoms with van der Waals surface area (Å²) in [6, 6.07) is 0. The number of hydrogen-bond donors (Lipinski definition) is 1. The summed E-state index contributed by atoms with van der Waals surface area (Å²) in [5.74, 6) is 0. The van der Waals surface area contributed by atoms with Crippen LogP contribution in [-0.4, -0.2) is 39.3 Å². The van der Waals surface area contributed by atoms with Crippen LogP contribution in [0.5, 0.6) is 0 Å². The Morgan fingerprint density at radius 3 is 1.95 bits per heavy atom. The van der Waals surface area contributed by atoms with Crippen molar-refractivity contribution >= 4 is 10.1 Å². The average Bonchev–Trinajstić information content (AvgIpc) is 2.95. The van der Waals surface area contributed by atoms with E-state index in [9.17, 15) is 8.42 Å². The first kappa shape index (κ1) is 16.3. The van der Waals surface area contributed by atoms with E-state index < -0.39 is 10.1 Å². The maximum Gasteiger partial charge on any atom is 0.264 e. The summed E-state index contributed by atoms with van der Waals surface area (Å²) >= 11 is 0. The van der Waals surface area contributed by atoms with Gasteiger partial charge in [0.15, 0.2) is 0 Å². The molecule has 0 unspecified atom stereocenters. The molecule has 0 fully saturated rings. The number of aliphatic hydroxyl groups excluding tert-OH is 1. The SMILES string of the molecule is Cn1cc(CO)cn1.Cn1cc(COS(C)(=O)=O)cn1. The second-order valence-electron chi connectivity index (χ2n) is 4.17. The Kier molecular flexibility index (Phi) is 5.86. The minimum Gasteiger partial charge on any atom is -0.392 e. The van der Waals surface area contributed by atoms with Crippen LogP contribution in [0, 0.1) is 0 Å². The van der Waals surface area contributed by atoms with Gasteiger partial charge in [0, 0.05) is 37.6 Å². The minimum absolute atomic E-state index is 0.0483. The fourth-order valence-electron chi connectivity index (χ4n) is 1.28. The van der Waals surface area contributed by atoms with Crippen molar-refractivity contribution in [2.75, 3.05) is 6.26 Å². The number of hydrogen-bond acceptors (Lipinski definition) is 6. The molecular formula is C11H18N4O4S. The van der Waals surface area contributed by atoms with Crippen molar-refractivity contribution in [1.29, 1.82) is 0 Å². The molecule has 0 aliphatic carbocycles. The van der Waals surface area contributed by atoms with Gasteiger partial charge in [0.25, 0.3) is 10.1 Å². The number of aliphatic hydroxyl groups is 1. The van der Waals surface area contributed by atoms with E-state index in [0.29, 0.717) is 0 Å². The molecule has 0 saturated carbocycles. The summed E-state index contributed by atoms with van der Waals surface area (Å²) in [7, 11) is 0.222. The van der Waals surface area contributed by atoms with Gasteiger partial charge >= 0.3 is 0 Å². The quantitative estimate of drug-likeness (QED) is 0.786. The second kappa shape index (κ2) is 7.17. The molecule has 0 bridgehead atoms. The largest absolute Gasteiger partial charge is 0.392 e. The van der Waals surface area contributed by atoms with Crippen LogP contribution < -0.4 is 0 Å². The lowest BCUT2D eigenvalue weighted by atomic mass is 10.4. The van der Waals surface area contributed by atoms with Crippen molar-refractivity contribution in [3.8, 4) is 0 Å². The molecule has 0 spiro atoms. The summed E-state index contributed by atoms with van der Waals surface area (Å²) < 4.78 is 28.9. The van der Waals surface area contributed by atoms with Gasteiger partial charge in [-0.2, -0.15) is 18.6 Å². The fourth-order valence-corrected chi connectivity index (χ4v) is 1.63. The number of nitrogens with zero attached hydrogens (tertiary/aromatic N) is 4. The lowest BCUT2D eigenvalue weighted by Gasteiger charge is -1.96. The molecule has 112 valence electrons. The molecule has 1 N–H and O–H groups in total. The molecule has 0 saturated heterocycles. The Balaban J connectivity index is 0.000000217. The molecule has 20 heavy (non-hydrogen) atoms. The monoisotopic (exact) mass is 302 g/mol. The van der Waals surface area contributed by atoms with Gasteiger partial charge in [0.1, 0.15) is 0 Å². The van der Waals surface area contributed by atoms with Gasteiger partial charge in [-0.3, -0.25) is 13.5 Å². The van der Waals surface area contributed by atoms with Crippen LogP contribution in [0.25, 0.3) is 0 Å². The van der Waals surface area contributed by atoms with E-state index in [1.54, 1.807) is 41.2 Å². The third-order valence-electron chi connectivity index (χ3n) is 2.14. The number of aromatic nitrogens is 4. The van der Waals surface area contributed by atoms with E-state index in [1.807, 2.05) is 7.05 Å². The Labute approximate surface area is 117 Å². The maximum absolute atomic E-state index is 10.6. The van der Waals surface area contributed by atoms with E-state index >= 15 is 0 Å². The molecule has 2 aromatic heterocycles. The zero-order valence-electron chi connectivity index (χ0n) is 11.6. The first-order chi connectivity index (χ1) is 9.30. The topological polar surface area (TPSA) is 99.2 Å². The molecular weight excluding hydrogens is 284 g/mol. The van der Waals surface area contributed by atoms with Gasteiger partial charge in [-0.15, -0.1) is 0 Å². The Bertz CT molecular complexity index is 632. The highest BCUT2D eigenvalue weighted by Crippen LogP contribution is 2.00. The summed E-state index contributed by atoms with van der Waals surface area (Å²) in [6.07, 6.45) is 7.69. The molecule has 0 aliphatic heterocycles. The van der Waals surface area contributed by atoms with Crippen LogP contribution in [0.4, 0.5) is 0 Å². The summed E-state index contributed by atoms with van der Waals surface area (Å²) in [5, 5.41) is 16.2. The summed E-state index contributed by atoms with van der Waals surface area (Å²) in [4.78, 5) is 0. The van der Waals surface area contributed by atoms with Crippen molar-refractivity contribution in [2.45, 2.75) is 13.2 Å². The van der Waals surface area contributed by atoms with Gasteiger partial charge in [0.2, 0.25) is 0 Å². The zero-order chi connectivity index (χ0) is 15.2.